The molecule has 1 unspecified atom stereocenters. The number of carbonyl (C=O) groups is 1. The maximum absolute atomic E-state index is 11.2. The van der Waals surface area contributed by atoms with E-state index >= 15 is 0 Å². The van der Waals surface area contributed by atoms with Crippen LogP contribution in [0.3, 0.4) is 0 Å². The van der Waals surface area contributed by atoms with Crippen molar-refractivity contribution in [2.45, 2.75) is 38.7 Å². The molecule has 0 amide bonds. The summed E-state index contributed by atoms with van der Waals surface area (Å²) in [6, 6.07) is 0. The van der Waals surface area contributed by atoms with Crippen LogP contribution in [0.1, 0.15) is 33.1 Å². The lowest BCUT2D eigenvalue weighted by atomic mass is 9.98. The number of esters is 1. The van der Waals surface area contributed by atoms with Crippen LogP contribution >= 0.6 is 0 Å². The van der Waals surface area contributed by atoms with Gasteiger partial charge in [0.1, 0.15) is 12.2 Å². The molecule has 14 heavy (non-hydrogen) atoms. The summed E-state index contributed by atoms with van der Waals surface area (Å²) in [6.45, 7) is 8.37. The Bertz CT molecular complexity index is 227. The van der Waals surface area contributed by atoms with Crippen LogP contribution in [0.4, 0.5) is 0 Å². The van der Waals surface area contributed by atoms with E-state index in [2.05, 4.69) is 13.5 Å². The number of carbonyl (C=O) groups excluding carboxylic acids is 1. The first-order valence-corrected chi connectivity index (χ1v) is 5.06. The van der Waals surface area contributed by atoms with Crippen molar-refractivity contribution in [3.63, 3.8) is 0 Å². The summed E-state index contributed by atoms with van der Waals surface area (Å²) in [7, 11) is 0. The Morgan fingerprint density at radius 2 is 2.36 bits per heavy atom. The second-order valence-corrected chi connectivity index (χ2v) is 3.85. The maximum atomic E-state index is 11.2. The van der Waals surface area contributed by atoms with Crippen LogP contribution in [0, 0.1) is 0 Å². The van der Waals surface area contributed by atoms with Crippen LogP contribution in [-0.4, -0.2) is 24.8 Å². The predicted molar refractivity (Wildman–Crippen MR) is 54.0 cm³/mol. The normalized spacial score (nSPS) is 26.1. The minimum atomic E-state index is -0.326. The van der Waals surface area contributed by atoms with E-state index in [1.165, 1.54) is 0 Å². The van der Waals surface area contributed by atoms with Crippen LogP contribution in [0.25, 0.3) is 0 Å². The Kier molecular flexibility index (Phi) is 3.69. The van der Waals surface area contributed by atoms with Crippen LogP contribution in [0.2, 0.25) is 0 Å². The van der Waals surface area contributed by atoms with Crippen LogP contribution in [0.5, 0.6) is 0 Å². The van der Waals surface area contributed by atoms with Gasteiger partial charge in [-0.1, -0.05) is 13.5 Å². The molecular weight excluding hydrogens is 180 g/mol. The van der Waals surface area contributed by atoms with E-state index in [0.29, 0.717) is 12.2 Å². The average molecular weight is 198 g/mol. The van der Waals surface area contributed by atoms with Crippen molar-refractivity contribution in [2.24, 2.45) is 0 Å². The van der Waals surface area contributed by atoms with Gasteiger partial charge in [0.25, 0.3) is 0 Å². The Morgan fingerprint density at radius 1 is 1.64 bits per heavy atom. The highest BCUT2D eigenvalue weighted by Crippen LogP contribution is 2.29. The van der Waals surface area contributed by atoms with Crippen molar-refractivity contribution in [3.05, 3.63) is 12.2 Å². The molecule has 1 fully saturated rings. The first-order valence-electron chi connectivity index (χ1n) is 5.06. The van der Waals surface area contributed by atoms with Gasteiger partial charge >= 0.3 is 5.97 Å². The first kappa shape index (κ1) is 11.2. The molecule has 0 bridgehead atoms. The molecule has 1 heterocycles. The number of hydrogen-bond acceptors (Lipinski definition) is 3. The third-order valence-electron chi connectivity index (χ3n) is 2.64. The molecule has 80 valence electrons. The van der Waals surface area contributed by atoms with Crippen LogP contribution < -0.4 is 0 Å². The zero-order chi connectivity index (χ0) is 10.6. The van der Waals surface area contributed by atoms with Crippen molar-refractivity contribution >= 4 is 5.97 Å². The van der Waals surface area contributed by atoms with Gasteiger partial charge in [0, 0.05) is 12.2 Å². The van der Waals surface area contributed by atoms with E-state index in [-0.39, 0.29) is 11.6 Å². The van der Waals surface area contributed by atoms with Gasteiger partial charge in [-0.3, -0.25) is 0 Å². The SMILES string of the molecule is C=C(C)C(=O)OCC1(CC)CCCO1. The van der Waals surface area contributed by atoms with Crippen LogP contribution in [0.15, 0.2) is 12.2 Å². The molecule has 0 N–H and O–H groups in total. The average Bonchev–Trinajstić information content (AvgIpc) is 2.63. The largest absolute Gasteiger partial charge is 0.459 e. The topological polar surface area (TPSA) is 35.5 Å². The van der Waals surface area contributed by atoms with Crippen molar-refractivity contribution in [3.8, 4) is 0 Å². The lowest BCUT2D eigenvalue weighted by Gasteiger charge is -2.26. The smallest absolute Gasteiger partial charge is 0.333 e. The Balaban J connectivity index is 2.42. The summed E-state index contributed by atoms with van der Waals surface area (Å²) in [4.78, 5) is 11.2. The predicted octanol–water partition coefficient (Wildman–Crippen LogP) is 2.06. The van der Waals surface area contributed by atoms with Crippen molar-refractivity contribution < 1.29 is 14.3 Å². The third kappa shape index (κ3) is 2.58. The fourth-order valence-electron chi connectivity index (χ4n) is 1.57. The number of ether oxygens (including phenoxy) is 2. The molecule has 0 aromatic heterocycles. The second kappa shape index (κ2) is 4.60. The van der Waals surface area contributed by atoms with E-state index in [9.17, 15) is 4.79 Å². The molecule has 0 aromatic carbocycles. The van der Waals surface area contributed by atoms with Crippen molar-refractivity contribution in [1.29, 1.82) is 0 Å². The zero-order valence-electron chi connectivity index (χ0n) is 8.97. The van der Waals surface area contributed by atoms with E-state index in [4.69, 9.17) is 9.47 Å². The molecule has 0 saturated carbocycles. The van der Waals surface area contributed by atoms with E-state index < -0.39 is 0 Å². The Labute approximate surface area is 85.1 Å². The number of rotatable bonds is 4. The van der Waals surface area contributed by atoms with Gasteiger partial charge in [0.2, 0.25) is 0 Å². The molecule has 3 heteroatoms. The monoisotopic (exact) mass is 198 g/mol. The molecule has 1 saturated heterocycles. The van der Waals surface area contributed by atoms with Gasteiger partial charge in [0.05, 0.1) is 0 Å². The minimum absolute atomic E-state index is 0.231. The van der Waals surface area contributed by atoms with Crippen molar-refractivity contribution in [2.75, 3.05) is 13.2 Å². The molecule has 0 radical (unpaired) electrons. The van der Waals surface area contributed by atoms with E-state index in [0.717, 1.165) is 25.9 Å². The molecule has 0 aromatic rings. The van der Waals surface area contributed by atoms with Crippen molar-refractivity contribution in [1.82, 2.24) is 0 Å². The van der Waals surface area contributed by atoms with E-state index in [1.54, 1.807) is 6.92 Å². The third-order valence-corrected chi connectivity index (χ3v) is 2.64. The highest BCUT2D eigenvalue weighted by atomic mass is 16.6. The Morgan fingerprint density at radius 3 is 2.79 bits per heavy atom. The van der Waals surface area contributed by atoms with Crippen LogP contribution in [-0.2, 0) is 14.3 Å². The lowest BCUT2D eigenvalue weighted by molar-refractivity contribution is -0.148. The highest BCUT2D eigenvalue weighted by molar-refractivity contribution is 5.86. The molecular formula is C11H18O3. The molecule has 0 aliphatic carbocycles. The summed E-state index contributed by atoms with van der Waals surface area (Å²) in [5, 5.41) is 0. The summed E-state index contributed by atoms with van der Waals surface area (Å²) in [5.41, 5.74) is 0.208. The summed E-state index contributed by atoms with van der Waals surface area (Å²) in [5.74, 6) is -0.326. The molecule has 3 nitrogen and oxygen atoms in total. The van der Waals surface area contributed by atoms with Gasteiger partial charge in [0.15, 0.2) is 0 Å². The molecule has 0 spiro atoms. The van der Waals surface area contributed by atoms with Gasteiger partial charge in [-0.2, -0.15) is 0 Å². The molecule has 1 aliphatic rings. The summed E-state index contributed by atoms with van der Waals surface area (Å²) < 4.78 is 10.7. The fraction of sp³-hybridized carbons (Fsp3) is 0.727. The quantitative estimate of drug-likeness (QED) is 0.512. The number of hydrogen-bond donors (Lipinski definition) is 0. The maximum Gasteiger partial charge on any atom is 0.333 e. The van der Waals surface area contributed by atoms with Gasteiger partial charge < -0.3 is 9.47 Å². The molecule has 1 rings (SSSR count). The van der Waals surface area contributed by atoms with E-state index in [1.807, 2.05) is 0 Å². The fourth-order valence-corrected chi connectivity index (χ4v) is 1.57. The summed E-state index contributed by atoms with van der Waals surface area (Å²) in [6.07, 6.45) is 2.92. The van der Waals surface area contributed by atoms with Gasteiger partial charge in [-0.25, -0.2) is 4.79 Å². The molecule has 1 aliphatic heterocycles. The minimum Gasteiger partial charge on any atom is -0.459 e. The molecule has 1 atom stereocenters. The standard InChI is InChI=1S/C11H18O3/c1-4-11(6-5-7-14-11)8-13-10(12)9(2)3/h2,4-8H2,1,3H3. The van der Waals surface area contributed by atoms with Gasteiger partial charge in [-0.15, -0.1) is 0 Å². The second-order valence-electron chi connectivity index (χ2n) is 3.85. The summed E-state index contributed by atoms with van der Waals surface area (Å²) >= 11 is 0. The first-order chi connectivity index (χ1) is 6.59. The highest BCUT2D eigenvalue weighted by Gasteiger charge is 2.34. The van der Waals surface area contributed by atoms with Gasteiger partial charge in [-0.05, 0) is 26.2 Å². The Hall–Kier alpha value is -0.830. The lowest BCUT2D eigenvalue weighted by Crippen LogP contribution is -2.34. The zero-order valence-corrected chi connectivity index (χ0v) is 8.97.